The number of para-hydroxylation sites is 2. The molecule has 0 saturated carbocycles. The standard InChI is InChI=1S/C23H31N3O2/c1-4-25-13-15-26(16-14-25)22-8-6-5-7-21(22)24-23(27)20-11-9-19(10-12-20)17-28-18(2)3/h5-12,18H,4,13-17H2,1-3H3,(H,24,27)/p+1. The molecule has 28 heavy (non-hydrogen) atoms. The number of carbonyl (C=O) groups excluding carboxylic acids is 1. The molecule has 0 atom stereocenters. The number of quaternary nitrogens is 1. The summed E-state index contributed by atoms with van der Waals surface area (Å²) in [6.45, 7) is 12.3. The number of ether oxygens (including phenoxy) is 1. The van der Waals surface area contributed by atoms with E-state index in [9.17, 15) is 4.79 Å². The average molecular weight is 383 g/mol. The monoisotopic (exact) mass is 382 g/mol. The first-order valence-electron chi connectivity index (χ1n) is 10.3. The molecule has 0 aromatic heterocycles. The van der Waals surface area contributed by atoms with Crippen molar-refractivity contribution in [1.29, 1.82) is 0 Å². The molecule has 1 aliphatic heterocycles. The maximum absolute atomic E-state index is 12.8. The zero-order valence-corrected chi connectivity index (χ0v) is 17.2. The zero-order valence-electron chi connectivity index (χ0n) is 17.2. The molecule has 0 bridgehead atoms. The van der Waals surface area contributed by atoms with Crippen molar-refractivity contribution >= 4 is 17.3 Å². The highest BCUT2D eigenvalue weighted by Crippen LogP contribution is 2.26. The van der Waals surface area contributed by atoms with E-state index >= 15 is 0 Å². The minimum absolute atomic E-state index is 0.0819. The summed E-state index contributed by atoms with van der Waals surface area (Å²) in [5.41, 5.74) is 3.71. The lowest BCUT2D eigenvalue weighted by atomic mass is 10.1. The van der Waals surface area contributed by atoms with Crippen LogP contribution >= 0.6 is 0 Å². The molecule has 1 amide bonds. The molecule has 1 fully saturated rings. The quantitative estimate of drug-likeness (QED) is 0.774. The largest absolute Gasteiger partial charge is 0.374 e. The molecule has 150 valence electrons. The Bertz CT molecular complexity index is 766. The van der Waals surface area contributed by atoms with Crippen molar-refractivity contribution in [3.8, 4) is 0 Å². The highest BCUT2D eigenvalue weighted by Gasteiger charge is 2.21. The molecule has 2 N–H and O–H groups in total. The van der Waals surface area contributed by atoms with E-state index in [4.69, 9.17) is 4.74 Å². The molecule has 3 rings (SSSR count). The Morgan fingerprint density at radius 1 is 1.11 bits per heavy atom. The third kappa shape index (κ3) is 5.33. The summed E-state index contributed by atoms with van der Waals surface area (Å²) in [6.07, 6.45) is 0.195. The third-order valence-electron chi connectivity index (χ3n) is 5.26. The van der Waals surface area contributed by atoms with Crippen molar-refractivity contribution in [2.45, 2.75) is 33.5 Å². The molecule has 0 spiro atoms. The van der Waals surface area contributed by atoms with Gasteiger partial charge < -0.3 is 19.9 Å². The SMILES string of the molecule is CC[NH+]1CCN(c2ccccc2NC(=O)c2ccc(COC(C)C)cc2)CC1. The molecule has 0 unspecified atom stereocenters. The molecule has 0 radical (unpaired) electrons. The number of nitrogens with one attached hydrogen (secondary N) is 2. The molecule has 1 saturated heterocycles. The number of anilines is 2. The molecule has 0 aliphatic carbocycles. The Balaban J connectivity index is 1.66. The van der Waals surface area contributed by atoms with E-state index in [0.29, 0.717) is 12.2 Å². The van der Waals surface area contributed by atoms with Gasteiger partial charge in [0, 0.05) is 5.56 Å². The number of carbonyl (C=O) groups is 1. The van der Waals surface area contributed by atoms with Gasteiger partial charge in [-0.3, -0.25) is 4.79 Å². The first kappa shape index (κ1) is 20.4. The van der Waals surface area contributed by atoms with Gasteiger partial charge in [-0.15, -0.1) is 0 Å². The minimum atomic E-state index is -0.0819. The summed E-state index contributed by atoms with van der Waals surface area (Å²) in [5, 5.41) is 3.10. The van der Waals surface area contributed by atoms with Gasteiger partial charge in [0.1, 0.15) is 0 Å². The minimum Gasteiger partial charge on any atom is -0.374 e. The second-order valence-electron chi connectivity index (χ2n) is 7.62. The third-order valence-corrected chi connectivity index (χ3v) is 5.26. The lowest BCUT2D eigenvalue weighted by molar-refractivity contribution is -0.898. The highest BCUT2D eigenvalue weighted by molar-refractivity contribution is 6.06. The fraction of sp³-hybridized carbons (Fsp3) is 0.435. The number of likely N-dealkylation sites (N-methyl/N-ethyl adjacent to an activating group) is 1. The molecule has 2 aromatic carbocycles. The first-order valence-corrected chi connectivity index (χ1v) is 10.3. The number of amides is 1. The molecule has 5 nitrogen and oxygen atoms in total. The summed E-state index contributed by atoms with van der Waals surface area (Å²) in [7, 11) is 0. The fourth-order valence-corrected chi connectivity index (χ4v) is 3.48. The van der Waals surface area contributed by atoms with Crippen LogP contribution in [0.2, 0.25) is 0 Å². The number of piperazine rings is 1. The van der Waals surface area contributed by atoms with Crippen molar-refractivity contribution in [1.82, 2.24) is 0 Å². The van der Waals surface area contributed by atoms with Crippen molar-refractivity contribution in [3.63, 3.8) is 0 Å². The van der Waals surface area contributed by atoms with Gasteiger partial charge in [0.05, 0.1) is 56.8 Å². The van der Waals surface area contributed by atoms with Crippen molar-refractivity contribution in [3.05, 3.63) is 59.7 Å². The van der Waals surface area contributed by atoms with Gasteiger partial charge in [0.2, 0.25) is 0 Å². The van der Waals surface area contributed by atoms with Gasteiger partial charge in [-0.05, 0) is 50.6 Å². The van der Waals surface area contributed by atoms with Crippen molar-refractivity contribution in [2.24, 2.45) is 0 Å². The van der Waals surface area contributed by atoms with E-state index in [-0.39, 0.29) is 12.0 Å². The van der Waals surface area contributed by atoms with Crippen LogP contribution in [-0.2, 0) is 11.3 Å². The second kappa shape index (κ2) is 9.71. The van der Waals surface area contributed by atoms with Crippen molar-refractivity contribution in [2.75, 3.05) is 42.9 Å². The van der Waals surface area contributed by atoms with E-state index in [1.54, 1.807) is 4.90 Å². The number of hydrogen-bond acceptors (Lipinski definition) is 3. The first-order chi connectivity index (χ1) is 13.6. The number of hydrogen-bond donors (Lipinski definition) is 2. The number of benzene rings is 2. The second-order valence-corrected chi connectivity index (χ2v) is 7.62. The molecule has 5 heteroatoms. The Kier molecular flexibility index (Phi) is 7.06. The van der Waals surface area contributed by atoms with E-state index < -0.39 is 0 Å². The molecular formula is C23H32N3O2+. The van der Waals surface area contributed by atoms with Crippen molar-refractivity contribution < 1.29 is 14.4 Å². The smallest absolute Gasteiger partial charge is 0.255 e. The maximum Gasteiger partial charge on any atom is 0.255 e. The Morgan fingerprint density at radius 2 is 1.79 bits per heavy atom. The van der Waals surface area contributed by atoms with Crippen LogP contribution in [0.3, 0.4) is 0 Å². The summed E-state index contributed by atoms with van der Waals surface area (Å²) in [5.74, 6) is -0.0819. The normalized spacial score (nSPS) is 15.1. The van der Waals surface area contributed by atoms with Crippen LogP contribution < -0.4 is 15.1 Å². The van der Waals surface area contributed by atoms with Crippen LogP contribution in [0.5, 0.6) is 0 Å². The maximum atomic E-state index is 12.8. The molecular weight excluding hydrogens is 350 g/mol. The van der Waals surface area contributed by atoms with Crippen LogP contribution in [0.4, 0.5) is 11.4 Å². The topological polar surface area (TPSA) is 46.0 Å². The summed E-state index contributed by atoms with van der Waals surface area (Å²) in [4.78, 5) is 16.8. The Labute approximate surface area is 168 Å². The zero-order chi connectivity index (χ0) is 19.9. The summed E-state index contributed by atoms with van der Waals surface area (Å²) in [6, 6.07) is 15.7. The van der Waals surface area contributed by atoms with Crippen LogP contribution in [0.25, 0.3) is 0 Å². The highest BCUT2D eigenvalue weighted by atomic mass is 16.5. The van der Waals surface area contributed by atoms with Gasteiger partial charge in [-0.2, -0.15) is 0 Å². The van der Waals surface area contributed by atoms with E-state index in [0.717, 1.165) is 43.1 Å². The number of rotatable bonds is 7. The van der Waals surface area contributed by atoms with Gasteiger partial charge in [0.25, 0.3) is 5.91 Å². The molecule has 2 aromatic rings. The molecule has 1 aliphatic rings. The predicted molar refractivity (Wildman–Crippen MR) is 114 cm³/mol. The van der Waals surface area contributed by atoms with Crippen LogP contribution in [-0.4, -0.2) is 44.7 Å². The van der Waals surface area contributed by atoms with Crippen LogP contribution in [0.1, 0.15) is 36.7 Å². The van der Waals surface area contributed by atoms with Gasteiger partial charge in [0.15, 0.2) is 0 Å². The van der Waals surface area contributed by atoms with E-state index in [1.807, 2.05) is 56.3 Å². The van der Waals surface area contributed by atoms with E-state index in [1.165, 1.54) is 6.54 Å². The van der Waals surface area contributed by atoms with Gasteiger partial charge in [-0.1, -0.05) is 24.3 Å². The Morgan fingerprint density at radius 3 is 2.43 bits per heavy atom. The van der Waals surface area contributed by atoms with Crippen LogP contribution in [0.15, 0.2) is 48.5 Å². The summed E-state index contributed by atoms with van der Waals surface area (Å²) < 4.78 is 5.61. The molecule has 1 heterocycles. The Hall–Kier alpha value is -2.37. The average Bonchev–Trinajstić information content (AvgIpc) is 2.73. The summed E-state index contributed by atoms with van der Waals surface area (Å²) >= 11 is 0. The number of nitrogens with zero attached hydrogens (tertiary/aromatic N) is 1. The fourth-order valence-electron chi connectivity index (χ4n) is 3.48. The van der Waals surface area contributed by atoms with Crippen LogP contribution in [0, 0.1) is 0 Å². The van der Waals surface area contributed by atoms with E-state index in [2.05, 4.69) is 23.2 Å². The lowest BCUT2D eigenvalue weighted by Crippen LogP contribution is -3.14. The predicted octanol–water partition coefficient (Wildman–Crippen LogP) is 2.59. The lowest BCUT2D eigenvalue weighted by Gasteiger charge is -2.34. The van der Waals surface area contributed by atoms with Gasteiger partial charge >= 0.3 is 0 Å². The van der Waals surface area contributed by atoms with Gasteiger partial charge in [-0.25, -0.2) is 0 Å².